The van der Waals surface area contributed by atoms with Crippen LogP contribution in [0.1, 0.15) is 88.9 Å². The molecule has 0 aliphatic carbocycles. The predicted octanol–water partition coefficient (Wildman–Crippen LogP) is 15.8. The molecule has 0 saturated heterocycles. The van der Waals surface area contributed by atoms with Crippen LogP contribution < -0.4 is 14.2 Å². The average Bonchev–Trinajstić information content (AvgIpc) is 3.45. The molecule has 0 bridgehead atoms. The average molecular weight is 997 g/mol. The van der Waals surface area contributed by atoms with Crippen LogP contribution in [0.25, 0.3) is 64.6 Å². The fourth-order valence-electron chi connectivity index (χ4n) is 9.92. The molecule has 10 aromatic carbocycles. The van der Waals surface area contributed by atoms with Gasteiger partial charge in [-0.3, -0.25) is 0 Å². The van der Waals surface area contributed by atoms with Crippen LogP contribution in [0.4, 0.5) is 0 Å². The van der Waals surface area contributed by atoms with E-state index in [2.05, 4.69) is 18.2 Å². The van der Waals surface area contributed by atoms with E-state index < -0.39 is 0 Å². The van der Waals surface area contributed by atoms with Crippen LogP contribution in [-0.2, 0) is 14.2 Å². The van der Waals surface area contributed by atoms with Gasteiger partial charge in [0.25, 0.3) is 0 Å². The van der Waals surface area contributed by atoms with Crippen molar-refractivity contribution < 1.29 is 42.8 Å². The summed E-state index contributed by atoms with van der Waals surface area (Å²) in [5.41, 5.74) is 1.81. The van der Waals surface area contributed by atoms with Gasteiger partial charge in [0.05, 0.1) is 56.3 Å². The number of fused-ring (bicyclic) bond motifs is 6. The van der Waals surface area contributed by atoms with Crippen LogP contribution in [0, 0.1) is 0 Å². The number of esters is 3. The van der Waals surface area contributed by atoms with Gasteiger partial charge < -0.3 is 28.4 Å². The first-order valence-corrected chi connectivity index (χ1v) is 26.2. The van der Waals surface area contributed by atoms with Gasteiger partial charge in [0.1, 0.15) is 17.2 Å². The van der Waals surface area contributed by atoms with Gasteiger partial charge in [-0.05, 0) is 141 Å². The summed E-state index contributed by atoms with van der Waals surface area (Å²) in [5.74, 6) is 0.971. The number of unbranched alkanes of at least 4 members (excludes halogenated alkanes) is 6. The highest BCUT2D eigenvalue weighted by Crippen LogP contribution is 2.33. The normalized spacial score (nSPS) is 11.4. The number of benzene rings is 10. The van der Waals surface area contributed by atoms with Crippen molar-refractivity contribution in [1.82, 2.24) is 0 Å². The monoisotopic (exact) mass is 996 g/mol. The van der Waals surface area contributed by atoms with Crippen molar-refractivity contribution in [2.45, 2.75) is 57.8 Å². The quantitative estimate of drug-likeness (QED) is 0.0253. The molecule has 10 rings (SSSR count). The van der Waals surface area contributed by atoms with Crippen molar-refractivity contribution in [3.8, 4) is 17.2 Å². The van der Waals surface area contributed by atoms with Crippen LogP contribution in [0.3, 0.4) is 0 Å². The molecule has 0 spiro atoms. The van der Waals surface area contributed by atoms with Gasteiger partial charge in [-0.1, -0.05) is 146 Å². The van der Waals surface area contributed by atoms with E-state index >= 15 is 0 Å². The summed E-state index contributed by atoms with van der Waals surface area (Å²) >= 11 is 0. The fourth-order valence-corrected chi connectivity index (χ4v) is 9.92. The number of rotatable bonds is 24. The van der Waals surface area contributed by atoms with E-state index in [0.717, 1.165) is 103 Å². The van der Waals surface area contributed by atoms with Crippen LogP contribution in [-0.4, -0.2) is 57.5 Å². The number of hydrogen-bond acceptors (Lipinski definition) is 9. The summed E-state index contributed by atoms with van der Waals surface area (Å²) in [4.78, 5) is 40.4. The van der Waals surface area contributed by atoms with Crippen molar-refractivity contribution in [3.63, 3.8) is 0 Å². The van der Waals surface area contributed by atoms with E-state index in [4.69, 9.17) is 28.4 Å². The number of ether oxygens (including phenoxy) is 6. The third kappa shape index (κ3) is 12.2. The topological polar surface area (TPSA) is 107 Å². The Morgan fingerprint density at radius 3 is 0.707 bits per heavy atom. The molecule has 0 aliphatic rings. The Kier molecular flexibility index (Phi) is 16.4. The van der Waals surface area contributed by atoms with Crippen LogP contribution in [0.2, 0.25) is 0 Å². The van der Waals surface area contributed by atoms with Crippen molar-refractivity contribution in [2.24, 2.45) is 0 Å². The zero-order chi connectivity index (χ0) is 51.2. The van der Waals surface area contributed by atoms with Gasteiger partial charge >= 0.3 is 17.9 Å². The molecule has 9 nitrogen and oxygen atoms in total. The molecule has 0 radical (unpaired) electrons. The largest absolute Gasteiger partial charge is 0.493 e. The number of hydrogen-bond donors (Lipinski definition) is 0. The molecule has 0 fully saturated rings. The number of carbonyl (C=O) groups is 3. The van der Waals surface area contributed by atoms with E-state index in [1.54, 1.807) is 0 Å². The standard InChI is InChI=1S/C66H60O9/c67-64(61-55-28-10-4-22-46(55)40-47-23-5-11-29-56(47)61)73-37-19-1-16-34-70-52-43-53(71-35-17-2-20-38-74-65(68)62-57-30-12-6-24-48(57)41-49-25-7-13-31-58(49)62)45-54(44-52)72-36-18-3-21-39-75-66(69)63-59-32-14-8-26-50(59)42-51-27-9-15-33-60(51)63/h4-15,22-33,40-45H,1-3,16-21,34-39H2. The summed E-state index contributed by atoms with van der Waals surface area (Å²) in [7, 11) is 0. The Morgan fingerprint density at radius 2 is 0.467 bits per heavy atom. The fraction of sp³-hybridized carbons (Fsp3) is 0.227. The first kappa shape index (κ1) is 50.1. The summed E-state index contributed by atoms with van der Waals surface area (Å²) in [5, 5.41) is 11.4. The van der Waals surface area contributed by atoms with Gasteiger partial charge in [-0.15, -0.1) is 0 Å². The SMILES string of the molecule is O=C(OCCCCCOc1cc(OCCCCCOC(=O)c2c3ccccc3cc3ccccc23)cc(OCCCCCOC(=O)c2c3ccccc3cc3ccccc23)c1)c1c2ccccc2cc2ccccc12. The third-order valence-electron chi connectivity index (χ3n) is 13.7. The molecule has 0 aromatic heterocycles. The van der Waals surface area contributed by atoms with E-state index in [1.165, 1.54) is 0 Å². The molecule has 0 atom stereocenters. The van der Waals surface area contributed by atoms with E-state index in [1.807, 2.05) is 164 Å². The molecule has 0 unspecified atom stereocenters. The summed E-state index contributed by atoms with van der Waals surface area (Å²) in [6.45, 7) is 2.32. The molecule has 75 heavy (non-hydrogen) atoms. The molecular formula is C66H60O9. The first-order valence-electron chi connectivity index (χ1n) is 26.2. The van der Waals surface area contributed by atoms with Gasteiger partial charge in [0, 0.05) is 18.2 Å². The van der Waals surface area contributed by atoms with Crippen molar-refractivity contribution in [1.29, 1.82) is 0 Å². The van der Waals surface area contributed by atoms with E-state index in [0.29, 0.717) is 92.8 Å². The lowest BCUT2D eigenvalue weighted by molar-refractivity contribution is 0.0492. The van der Waals surface area contributed by atoms with Crippen LogP contribution in [0.5, 0.6) is 17.2 Å². The maximum Gasteiger partial charge on any atom is 0.339 e. The second kappa shape index (κ2) is 24.5. The molecule has 0 saturated carbocycles. The second-order valence-electron chi connectivity index (χ2n) is 18.9. The highest BCUT2D eigenvalue weighted by Gasteiger charge is 2.19. The molecular weight excluding hydrogens is 937 g/mol. The van der Waals surface area contributed by atoms with E-state index in [-0.39, 0.29) is 17.9 Å². The molecule has 9 heteroatoms. The smallest absolute Gasteiger partial charge is 0.339 e. The lowest BCUT2D eigenvalue weighted by Gasteiger charge is -2.14. The number of carbonyl (C=O) groups excluding carboxylic acids is 3. The Balaban J connectivity index is 0.698. The lowest BCUT2D eigenvalue weighted by Crippen LogP contribution is -2.09. The maximum absolute atomic E-state index is 13.5. The van der Waals surface area contributed by atoms with Gasteiger partial charge in [0.2, 0.25) is 0 Å². The molecule has 10 aromatic rings. The van der Waals surface area contributed by atoms with Crippen molar-refractivity contribution >= 4 is 82.5 Å². The zero-order valence-electron chi connectivity index (χ0n) is 42.1. The molecule has 0 N–H and O–H groups in total. The van der Waals surface area contributed by atoms with Gasteiger partial charge in [-0.2, -0.15) is 0 Å². The molecule has 0 heterocycles. The zero-order valence-corrected chi connectivity index (χ0v) is 42.1. The second-order valence-corrected chi connectivity index (χ2v) is 18.9. The predicted molar refractivity (Wildman–Crippen MR) is 300 cm³/mol. The van der Waals surface area contributed by atoms with E-state index in [9.17, 15) is 14.4 Å². The first-order chi connectivity index (χ1) is 37.0. The van der Waals surface area contributed by atoms with Crippen molar-refractivity contribution in [2.75, 3.05) is 39.6 Å². The molecule has 0 amide bonds. The highest BCUT2D eigenvalue weighted by molar-refractivity contribution is 6.18. The highest BCUT2D eigenvalue weighted by atomic mass is 16.5. The Morgan fingerprint density at radius 1 is 0.253 bits per heavy atom. The Bertz CT molecular complexity index is 3090. The summed E-state index contributed by atoms with van der Waals surface area (Å²) < 4.78 is 36.3. The minimum absolute atomic E-state index is 0.311. The van der Waals surface area contributed by atoms with Crippen molar-refractivity contribution in [3.05, 3.63) is 199 Å². The lowest BCUT2D eigenvalue weighted by atomic mass is 9.97. The molecule has 0 aliphatic heterocycles. The van der Waals surface area contributed by atoms with Crippen LogP contribution >= 0.6 is 0 Å². The van der Waals surface area contributed by atoms with Crippen LogP contribution in [0.15, 0.2) is 182 Å². The Hall–Kier alpha value is -8.43. The molecule has 378 valence electrons. The maximum atomic E-state index is 13.5. The third-order valence-corrected chi connectivity index (χ3v) is 13.7. The summed E-state index contributed by atoms with van der Waals surface area (Å²) in [6, 6.07) is 59.5. The Labute approximate surface area is 436 Å². The summed E-state index contributed by atoms with van der Waals surface area (Å²) in [6.07, 6.45) is 6.83. The minimum atomic E-state index is -0.313. The van der Waals surface area contributed by atoms with Gasteiger partial charge in [0.15, 0.2) is 0 Å². The van der Waals surface area contributed by atoms with Gasteiger partial charge in [-0.25, -0.2) is 14.4 Å². The minimum Gasteiger partial charge on any atom is -0.493 e.